The molecule has 274 valence electrons. The Morgan fingerprint density at radius 1 is 0.370 bits per heavy atom. The zero-order chi connectivity index (χ0) is 39.9. The van der Waals surface area contributed by atoms with Crippen molar-refractivity contribution >= 4 is 35.8 Å². The van der Waals surface area contributed by atoms with Gasteiger partial charge < -0.3 is 30.6 Å². The summed E-state index contributed by atoms with van der Waals surface area (Å²) < 4.78 is 0. The Balaban J connectivity index is 1.45. The summed E-state index contributed by atoms with van der Waals surface area (Å²) in [7, 11) is 0. The van der Waals surface area contributed by atoms with Gasteiger partial charge in [0.05, 0.1) is 33.4 Å². The average Bonchev–Trinajstić information content (AvgIpc) is 3.13. The van der Waals surface area contributed by atoms with E-state index in [2.05, 4.69) is 0 Å². The van der Waals surface area contributed by atoms with Gasteiger partial charge in [0.15, 0.2) is 0 Å². The van der Waals surface area contributed by atoms with Gasteiger partial charge in [0.1, 0.15) is 0 Å². The number of carbonyl (C=O) groups is 6. The summed E-state index contributed by atoms with van der Waals surface area (Å²) in [5.74, 6) is -8.93. The molecule has 5 aromatic carbocycles. The van der Waals surface area contributed by atoms with Gasteiger partial charge in [-0.05, 0) is 68.8 Å². The molecular formula is C42H34O12. The number of hydrogen-bond acceptors (Lipinski definition) is 6. The van der Waals surface area contributed by atoms with E-state index in [-0.39, 0.29) is 22.3 Å². The molecule has 0 aromatic heterocycles. The SMILES string of the molecule is CC(C)(c1ccc(-c2cc(C(=O)O)cc(C(=O)O)c2C(=O)O)cc1)c1ccc(C(C)(C)c2ccc(-c3cc(C(=O)O)cc(C(=O)O)c3C(=O)O)cc2)cc1. The monoisotopic (exact) mass is 730 g/mol. The molecule has 0 saturated heterocycles. The highest BCUT2D eigenvalue weighted by atomic mass is 16.4. The van der Waals surface area contributed by atoms with Gasteiger partial charge in [-0.1, -0.05) is 100 Å². The highest BCUT2D eigenvalue weighted by molar-refractivity contribution is 6.10. The number of aromatic carboxylic acids is 6. The maximum Gasteiger partial charge on any atom is 0.337 e. The molecule has 0 saturated carbocycles. The Bertz CT molecular complexity index is 2200. The van der Waals surface area contributed by atoms with Crippen molar-refractivity contribution in [1.82, 2.24) is 0 Å². The van der Waals surface area contributed by atoms with Crippen molar-refractivity contribution in [2.75, 3.05) is 0 Å². The summed E-state index contributed by atoms with van der Waals surface area (Å²) in [4.78, 5) is 71.3. The van der Waals surface area contributed by atoms with Crippen LogP contribution in [0, 0.1) is 0 Å². The predicted octanol–water partition coefficient (Wildman–Crippen LogP) is 7.86. The van der Waals surface area contributed by atoms with E-state index in [1.807, 2.05) is 52.0 Å². The second kappa shape index (κ2) is 14.2. The molecule has 5 aromatic rings. The lowest BCUT2D eigenvalue weighted by Gasteiger charge is -2.30. The molecule has 0 bridgehead atoms. The van der Waals surface area contributed by atoms with Crippen LogP contribution in [0.1, 0.15) is 112 Å². The Hall–Kier alpha value is -7.08. The van der Waals surface area contributed by atoms with E-state index < -0.39 is 68.9 Å². The molecule has 0 spiro atoms. The molecule has 0 atom stereocenters. The molecule has 5 rings (SSSR count). The normalized spacial score (nSPS) is 11.5. The summed E-state index contributed by atoms with van der Waals surface area (Å²) in [5.41, 5.74) is 0.0139. The van der Waals surface area contributed by atoms with Crippen LogP contribution in [0.4, 0.5) is 0 Å². The van der Waals surface area contributed by atoms with Gasteiger partial charge in [-0.25, -0.2) is 28.8 Å². The van der Waals surface area contributed by atoms with E-state index in [4.69, 9.17) is 0 Å². The lowest BCUT2D eigenvalue weighted by molar-refractivity contribution is 0.0649. The molecule has 0 radical (unpaired) electrons. The second-order valence-electron chi connectivity index (χ2n) is 13.7. The summed E-state index contributed by atoms with van der Waals surface area (Å²) in [6.45, 7) is 7.99. The maximum atomic E-state index is 12.1. The molecular weight excluding hydrogens is 696 g/mol. The molecule has 0 fully saturated rings. The van der Waals surface area contributed by atoms with E-state index in [9.17, 15) is 59.4 Å². The van der Waals surface area contributed by atoms with Gasteiger partial charge in [-0.2, -0.15) is 0 Å². The minimum atomic E-state index is -1.56. The molecule has 0 heterocycles. The van der Waals surface area contributed by atoms with E-state index in [0.717, 1.165) is 46.5 Å². The fraction of sp³-hybridized carbons (Fsp3) is 0.143. The van der Waals surface area contributed by atoms with Crippen LogP contribution in [0.25, 0.3) is 22.3 Å². The van der Waals surface area contributed by atoms with Crippen molar-refractivity contribution in [3.63, 3.8) is 0 Å². The quantitative estimate of drug-likeness (QED) is 0.0722. The van der Waals surface area contributed by atoms with Gasteiger partial charge >= 0.3 is 35.8 Å². The fourth-order valence-corrected chi connectivity index (χ4v) is 6.55. The van der Waals surface area contributed by atoms with Crippen LogP contribution in [0.3, 0.4) is 0 Å². The van der Waals surface area contributed by atoms with E-state index in [1.54, 1.807) is 48.5 Å². The molecule has 54 heavy (non-hydrogen) atoms. The largest absolute Gasteiger partial charge is 0.478 e. The fourth-order valence-electron chi connectivity index (χ4n) is 6.55. The second-order valence-corrected chi connectivity index (χ2v) is 13.7. The molecule has 12 nitrogen and oxygen atoms in total. The van der Waals surface area contributed by atoms with Gasteiger partial charge in [-0.3, -0.25) is 0 Å². The molecule has 0 aliphatic heterocycles. The van der Waals surface area contributed by atoms with Gasteiger partial charge in [0, 0.05) is 10.8 Å². The van der Waals surface area contributed by atoms with Crippen LogP contribution in [0.5, 0.6) is 0 Å². The molecule has 0 amide bonds. The molecule has 12 heteroatoms. The number of benzene rings is 5. The standard InChI is InChI=1S/C42H34O12/c1-41(2,25-9-5-21(6-10-25)29-17-23(35(43)44)19-31(37(47)48)33(29)39(51)52)27-13-15-28(16-14-27)42(3,4)26-11-7-22(8-12-26)30-18-24(36(45)46)20-32(38(49)50)34(30)40(53)54/h5-20H,1-4H3,(H,43,44)(H,45,46)(H,47,48)(H,49,50)(H,51,52)(H,53,54). The van der Waals surface area contributed by atoms with Crippen LogP contribution in [0.2, 0.25) is 0 Å². The van der Waals surface area contributed by atoms with Crippen molar-refractivity contribution in [2.45, 2.75) is 38.5 Å². The van der Waals surface area contributed by atoms with Crippen LogP contribution in [0.15, 0.2) is 97.1 Å². The molecule has 0 aliphatic carbocycles. The average molecular weight is 731 g/mol. The third kappa shape index (κ3) is 7.04. The van der Waals surface area contributed by atoms with Crippen molar-refractivity contribution in [2.24, 2.45) is 0 Å². The lowest BCUT2D eigenvalue weighted by atomic mass is 9.74. The number of hydrogen-bond donors (Lipinski definition) is 6. The maximum absolute atomic E-state index is 12.1. The minimum Gasteiger partial charge on any atom is -0.478 e. The van der Waals surface area contributed by atoms with Crippen LogP contribution in [-0.4, -0.2) is 66.5 Å². The Kier molecular flexibility index (Phi) is 10.00. The molecule has 0 aliphatic rings. The van der Waals surface area contributed by atoms with Gasteiger partial charge in [0.25, 0.3) is 0 Å². The first kappa shape index (κ1) is 38.2. The Labute approximate surface area is 308 Å². The first-order chi connectivity index (χ1) is 25.2. The summed E-state index contributed by atoms with van der Waals surface area (Å²) in [5, 5.41) is 58.0. The van der Waals surface area contributed by atoms with Gasteiger partial charge in [0.2, 0.25) is 0 Å². The van der Waals surface area contributed by atoms with Crippen molar-refractivity contribution < 1.29 is 59.4 Å². The van der Waals surface area contributed by atoms with Gasteiger partial charge in [-0.15, -0.1) is 0 Å². The summed E-state index contributed by atoms with van der Waals surface area (Å²) >= 11 is 0. The highest BCUT2D eigenvalue weighted by Gasteiger charge is 2.29. The zero-order valence-corrected chi connectivity index (χ0v) is 29.4. The number of rotatable bonds is 12. The number of carboxylic acid groups (broad SMARTS) is 6. The number of carboxylic acids is 6. The van der Waals surface area contributed by atoms with Crippen molar-refractivity contribution in [1.29, 1.82) is 0 Å². The van der Waals surface area contributed by atoms with Crippen LogP contribution < -0.4 is 0 Å². The predicted molar refractivity (Wildman–Crippen MR) is 196 cm³/mol. The first-order valence-corrected chi connectivity index (χ1v) is 16.3. The molecule has 6 N–H and O–H groups in total. The Morgan fingerprint density at radius 3 is 0.852 bits per heavy atom. The minimum absolute atomic E-state index is 0.0371. The summed E-state index contributed by atoms with van der Waals surface area (Å²) in [6.07, 6.45) is 0. The third-order valence-electron chi connectivity index (χ3n) is 9.82. The first-order valence-electron chi connectivity index (χ1n) is 16.3. The third-order valence-corrected chi connectivity index (χ3v) is 9.82. The zero-order valence-electron chi connectivity index (χ0n) is 29.4. The molecule has 0 unspecified atom stereocenters. The lowest BCUT2D eigenvalue weighted by Crippen LogP contribution is -2.21. The summed E-state index contributed by atoms with van der Waals surface area (Å²) in [6, 6.07) is 25.4. The van der Waals surface area contributed by atoms with Crippen molar-refractivity contribution in [3.05, 3.63) is 153 Å². The van der Waals surface area contributed by atoms with E-state index >= 15 is 0 Å². The topological polar surface area (TPSA) is 224 Å². The van der Waals surface area contributed by atoms with Crippen LogP contribution in [-0.2, 0) is 10.8 Å². The van der Waals surface area contributed by atoms with Crippen LogP contribution >= 0.6 is 0 Å². The smallest absolute Gasteiger partial charge is 0.337 e. The van der Waals surface area contributed by atoms with Crippen molar-refractivity contribution in [3.8, 4) is 22.3 Å². The Morgan fingerprint density at radius 2 is 0.630 bits per heavy atom. The van der Waals surface area contributed by atoms with E-state index in [1.165, 1.54) is 0 Å². The van der Waals surface area contributed by atoms with E-state index in [0.29, 0.717) is 11.1 Å². The highest BCUT2D eigenvalue weighted by Crippen LogP contribution is 2.38.